The number of carbonyl (C=O) groups excluding carboxylic acids is 1. The van der Waals surface area contributed by atoms with Crippen molar-refractivity contribution >= 4 is 22.0 Å². The largest absolute Gasteiger partial charge is 0.495 e. The lowest BCUT2D eigenvalue weighted by Gasteiger charge is -2.34. The fraction of sp³-hybridized carbons (Fsp3) is 0.400. The van der Waals surface area contributed by atoms with Crippen LogP contribution in [0.4, 0.5) is 4.39 Å². The maximum absolute atomic E-state index is 13.3. The third kappa shape index (κ3) is 6.21. The van der Waals surface area contributed by atoms with E-state index in [1.807, 2.05) is 4.90 Å². The van der Waals surface area contributed by atoms with Crippen molar-refractivity contribution in [3.05, 3.63) is 65.5 Å². The van der Waals surface area contributed by atoms with Gasteiger partial charge in [0.15, 0.2) is 0 Å². The number of hydrogen-bond acceptors (Lipinski definition) is 4. The Labute approximate surface area is 195 Å². The molecule has 33 heavy (non-hydrogen) atoms. The topological polar surface area (TPSA) is 66.9 Å². The molecule has 0 bridgehead atoms. The van der Waals surface area contributed by atoms with Crippen LogP contribution in [0.3, 0.4) is 0 Å². The minimum Gasteiger partial charge on any atom is -0.495 e. The standard InChI is InChI=1S/C25H31FN2O4S/c1-27(2)33(30,31)24-17-19(11-15-23(24)32-3)12-16-25(29)28(22-7-5-4-6-8-22)18-20-9-13-21(26)14-10-20/h9-17,22H,4-8,18H2,1-3H3/b16-12+. The van der Waals surface area contributed by atoms with E-state index in [-0.39, 0.29) is 28.4 Å². The van der Waals surface area contributed by atoms with Crippen LogP contribution >= 0.6 is 0 Å². The Balaban J connectivity index is 1.86. The molecule has 1 aliphatic rings. The number of sulfonamides is 1. The van der Waals surface area contributed by atoms with Crippen LogP contribution in [0, 0.1) is 5.82 Å². The molecule has 0 unspecified atom stereocenters. The monoisotopic (exact) mass is 474 g/mol. The van der Waals surface area contributed by atoms with Crippen LogP contribution in [0.2, 0.25) is 0 Å². The van der Waals surface area contributed by atoms with E-state index < -0.39 is 10.0 Å². The van der Waals surface area contributed by atoms with E-state index in [1.165, 1.54) is 51.9 Å². The van der Waals surface area contributed by atoms with Crippen LogP contribution in [0.25, 0.3) is 6.08 Å². The SMILES string of the molecule is COc1ccc(/C=C/C(=O)N(Cc2ccc(F)cc2)C2CCCCC2)cc1S(=O)(=O)N(C)C. The van der Waals surface area contributed by atoms with Crippen molar-refractivity contribution in [1.29, 1.82) is 0 Å². The summed E-state index contributed by atoms with van der Waals surface area (Å²) in [4.78, 5) is 15.1. The molecule has 0 heterocycles. The van der Waals surface area contributed by atoms with E-state index in [0.29, 0.717) is 12.1 Å². The zero-order valence-corrected chi connectivity index (χ0v) is 20.1. The second kappa shape index (κ2) is 10.9. The Morgan fingerprint density at radius 2 is 1.76 bits per heavy atom. The van der Waals surface area contributed by atoms with Gasteiger partial charge in [0.1, 0.15) is 16.5 Å². The molecule has 0 atom stereocenters. The van der Waals surface area contributed by atoms with Gasteiger partial charge in [0.25, 0.3) is 0 Å². The maximum Gasteiger partial charge on any atom is 0.247 e. The average molecular weight is 475 g/mol. The van der Waals surface area contributed by atoms with Gasteiger partial charge >= 0.3 is 0 Å². The number of methoxy groups -OCH3 is 1. The number of rotatable bonds is 8. The van der Waals surface area contributed by atoms with E-state index in [9.17, 15) is 17.6 Å². The fourth-order valence-corrected chi connectivity index (χ4v) is 5.11. The van der Waals surface area contributed by atoms with Crippen molar-refractivity contribution in [2.24, 2.45) is 0 Å². The molecule has 8 heteroatoms. The van der Waals surface area contributed by atoms with Crippen LogP contribution in [0.5, 0.6) is 5.75 Å². The number of nitrogens with zero attached hydrogens (tertiary/aromatic N) is 2. The first-order valence-corrected chi connectivity index (χ1v) is 12.5. The molecule has 1 saturated carbocycles. The first kappa shape index (κ1) is 24.9. The molecule has 0 aromatic heterocycles. The Hall–Kier alpha value is -2.71. The Morgan fingerprint density at radius 1 is 1.09 bits per heavy atom. The van der Waals surface area contributed by atoms with E-state index >= 15 is 0 Å². The van der Waals surface area contributed by atoms with Gasteiger partial charge in [0, 0.05) is 32.8 Å². The molecular weight excluding hydrogens is 443 g/mol. The van der Waals surface area contributed by atoms with Gasteiger partial charge in [-0.2, -0.15) is 0 Å². The first-order chi connectivity index (χ1) is 15.7. The van der Waals surface area contributed by atoms with Crippen LogP contribution < -0.4 is 4.74 Å². The first-order valence-electron chi connectivity index (χ1n) is 11.1. The third-order valence-electron chi connectivity index (χ3n) is 5.93. The summed E-state index contributed by atoms with van der Waals surface area (Å²) in [6.07, 6.45) is 8.30. The number of carbonyl (C=O) groups is 1. The third-order valence-corrected chi connectivity index (χ3v) is 7.77. The molecule has 2 aromatic carbocycles. The van der Waals surface area contributed by atoms with E-state index in [4.69, 9.17) is 4.74 Å². The molecule has 0 saturated heterocycles. The van der Waals surface area contributed by atoms with Gasteiger partial charge in [-0.3, -0.25) is 4.79 Å². The van der Waals surface area contributed by atoms with Crippen molar-refractivity contribution < 1.29 is 22.3 Å². The normalized spacial score (nSPS) is 15.2. The van der Waals surface area contributed by atoms with Gasteiger partial charge in [0.05, 0.1) is 7.11 Å². The quantitative estimate of drug-likeness (QED) is 0.530. The van der Waals surface area contributed by atoms with Crippen molar-refractivity contribution in [2.75, 3.05) is 21.2 Å². The van der Waals surface area contributed by atoms with Gasteiger partial charge < -0.3 is 9.64 Å². The van der Waals surface area contributed by atoms with Crippen LogP contribution in [0.15, 0.2) is 53.4 Å². The van der Waals surface area contributed by atoms with Gasteiger partial charge in [-0.15, -0.1) is 0 Å². The van der Waals surface area contributed by atoms with Crippen LogP contribution in [-0.4, -0.2) is 50.8 Å². The highest BCUT2D eigenvalue weighted by Gasteiger charge is 2.25. The van der Waals surface area contributed by atoms with Gasteiger partial charge in [0.2, 0.25) is 15.9 Å². The summed E-state index contributed by atoms with van der Waals surface area (Å²) in [6.45, 7) is 0.400. The van der Waals surface area contributed by atoms with E-state index in [1.54, 1.807) is 30.3 Å². The summed E-state index contributed by atoms with van der Waals surface area (Å²) >= 11 is 0. The second-order valence-corrected chi connectivity index (χ2v) is 10.5. The predicted molar refractivity (Wildman–Crippen MR) is 127 cm³/mol. The van der Waals surface area contributed by atoms with Gasteiger partial charge in [-0.25, -0.2) is 17.1 Å². The van der Waals surface area contributed by atoms with Gasteiger partial charge in [-0.05, 0) is 54.3 Å². The zero-order chi connectivity index (χ0) is 24.0. The fourth-order valence-electron chi connectivity index (χ4n) is 4.02. The molecule has 0 radical (unpaired) electrons. The summed E-state index contributed by atoms with van der Waals surface area (Å²) in [5.41, 5.74) is 1.45. The summed E-state index contributed by atoms with van der Waals surface area (Å²) in [5, 5.41) is 0. The minimum atomic E-state index is -3.71. The number of benzene rings is 2. The lowest BCUT2D eigenvalue weighted by Crippen LogP contribution is -2.40. The highest BCUT2D eigenvalue weighted by molar-refractivity contribution is 7.89. The Bertz CT molecular complexity index is 1090. The number of amides is 1. The van der Waals surface area contributed by atoms with Crippen molar-refractivity contribution in [1.82, 2.24) is 9.21 Å². The number of hydrogen-bond donors (Lipinski definition) is 0. The maximum atomic E-state index is 13.3. The summed E-state index contributed by atoms with van der Waals surface area (Å²) in [7, 11) is 0.621. The lowest BCUT2D eigenvalue weighted by molar-refractivity contribution is -0.129. The summed E-state index contributed by atoms with van der Waals surface area (Å²) in [5.74, 6) is -0.219. The molecule has 3 rings (SSSR count). The average Bonchev–Trinajstić information content (AvgIpc) is 2.82. The number of ether oxygens (including phenoxy) is 1. The molecule has 178 valence electrons. The Kier molecular flexibility index (Phi) is 8.26. The molecule has 6 nitrogen and oxygen atoms in total. The van der Waals surface area contributed by atoms with E-state index in [2.05, 4.69) is 0 Å². The van der Waals surface area contributed by atoms with Gasteiger partial charge in [-0.1, -0.05) is 37.5 Å². The molecule has 0 N–H and O–H groups in total. The number of halogens is 1. The Morgan fingerprint density at radius 3 is 2.36 bits per heavy atom. The summed E-state index contributed by atoms with van der Waals surface area (Å²) in [6, 6.07) is 11.1. The highest BCUT2D eigenvalue weighted by Crippen LogP contribution is 2.28. The predicted octanol–water partition coefficient (Wildman–Crippen LogP) is 4.46. The molecule has 2 aromatic rings. The molecule has 1 amide bonds. The molecular formula is C25H31FN2O4S. The van der Waals surface area contributed by atoms with Crippen molar-refractivity contribution in [3.63, 3.8) is 0 Å². The molecule has 0 aliphatic heterocycles. The van der Waals surface area contributed by atoms with Crippen LogP contribution in [-0.2, 0) is 21.4 Å². The van der Waals surface area contributed by atoms with E-state index in [0.717, 1.165) is 35.6 Å². The van der Waals surface area contributed by atoms with Crippen molar-refractivity contribution in [2.45, 2.75) is 49.6 Å². The zero-order valence-electron chi connectivity index (χ0n) is 19.3. The second-order valence-electron chi connectivity index (χ2n) is 8.42. The van der Waals surface area contributed by atoms with Crippen LogP contribution in [0.1, 0.15) is 43.2 Å². The molecule has 0 spiro atoms. The highest BCUT2D eigenvalue weighted by atomic mass is 32.2. The smallest absolute Gasteiger partial charge is 0.247 e. The molecule has 1 fully saturated rings. The van der Waals surface area contributed by atoms with Crippen molar-refractivity contribution in [3.8, 4) is 5.75 Å². The minimum absolute atomic E-state index is 0.0417. The summed E-state index contributed by atoms with van der Waals surface area (Å²) < 4.78 is 45.0. The molecule has 1 aliphatic carbocycles. The lowest BCUT2D eigenvalue weighted by atomic mass is 9.93.